The van der Waals surface area contributed by atoms with Crippen LogP contribution in [-0.4, -0.2) is 34.7 Å². The number of amides is 1. The molecule has 0 bridgehead atoms. The fraction of sp³-hybridized carbons (Fsp3) is 0.222. The number of hydrogen-bond donors (Lipinski definition) is 1. The molecule has 1 aromatic carbocycles. The van der Waals surface area contributed by atoms with Gasteiger partial charge in [0.2, 0.25) is 0 Å². The van der Waals surface area contributed by atoms with Crippen molar-refractivity contribution in [1.82, 2.24) is 15.1 Å². The van der Waals surface area contributed by atoms with Crippen LogP contribution in [0.5, 0.6) is 5.75 Å². The van der Waals surface area contributed by atoms with Gasteiger partial charge in [0.15, 0.2) is 5.69 Å². The van der Waals surface area contributed by atoms with Crippen LogP contribution >= 0.6 is 11.3 Å². The molecule has 0 unspecified atom stereocenters. The number of nitrogens with zero attached hydrogens (tertiary/aromatic N) is 2. The Morgan fingerprint density at radius 3 is 3.00 bits per heavy atom. The van der Waals surface area contributed by atoms with Gasteiger partial charge in [-0.3, -0.25) is 9.89 Å². The van der Waals surface area contributed by atoms with Gasteiger partial charge in [-0.2, -0.15) is 5.10 Å². The molecule has 5 nitrogen and oxygen atoms in total. The van der Waals surface area contributed by atoms with Crippen LogP contribution in [0.1, 0.15) is 21.6 Å². The first-order chi connectivity index (χ1) is 11.7. The van der Waals surface area contributed by atoms with Crippen molar-refractivity contribution in [3.63, 3.8) is 0 Å². The number of nitrogens with one attached hydrogen (secondary N) is 1. The van der Waals surface area contributed by atoms with Gasteiger partial charge >= 0.3 is 0 Å². The highest BCUT2D eigenvalue weighted by atomic mass is 32.1. The molecule has 1 N–H and O–H groups in total. The largest absolute Gasteiger partial charge is 0.497 e. The Balaban J connectivity index is 1.53. The lowest BCUT2D eigenvalue weighted by atomic mass is 9.99. The molecule has 24 heavy (non-hydrogen) atoms. The van der Waals surface area contributed by atoms with Gasteiger partial charge < -0.3 is 9.64 Å². The smallest absolute Gasteiger partial charge is 0.274 e. The van der Waals surface area contributed by atoms with Gasteiger partial charge in [-0.15, -0.1) is 11.3 Å². The molecule has 3 aromatic rings. The predicted molar refractivity (Wildman–Crippen MR) is 93.3 cm³/mol. The second-order valence-corrected chi connectivity index (χ2v) is 6.70. The molecule has 0 atom stereocenters. The number of aromatic nitrogens is 2. The van der Waals surface area contributed by atoms with Crippen LogP contribution in [0.15, 0.2) is 41.8 Å². The third-order valence-corrected chi connectivity index (χ3v) is 5.20. The van der Waals surface area contributed by atoms with Gasteiger partial charge in [0.1, 0.15) is 5.75 Å². The fourth-order valence-corrected chi connectivity index (χ4v) is 3.67. The van der Waals surface area contributed by atoms with Gasteiger partial charge in [0.05, 0.1) is 17.7 Å². The minimum absolute atomic E-state index is 0.0319. The van der Waals surface area contributed by atoms with Crippen LogP contribution in [0.3, 0.4) is 0 Å². The number of hydrogen-bond acceptors (Lipinski definition) is 4. The first kappa shape index (κ1) is 15.0. The van der Waals surface area contributed by atoms with Gasteiger partial charge in [-0.1, -0.05) is 12.1 Å². The Hall–Kier alpha value is -2.60. The number of benzene rings is 1. The Labute approximate surface area is 143 Å². The van der Waals surface area contributed by atoms with Crippen molar-refractivity contribution in [3.05, 3.63) is 58.6 Å². The van der Waals surface area contributed by atoms with Crippen LogP contribution in [-0.2, 0) is 13.0 Å². The Morgan fingerprint density at radius 2 is 2.21 bits per heavy atom. The lowest BCUT2D eigenvalue weighted by Gasteiger charge is -2.28. The maximum atomic E-state index is 12.7. The number of rotatable bonds is 3. The summed E-state index contributed by atoms with van der Waals surface area (Å²) in [6, 6.07) is 11.9. The summed E-state index contributed by atoms with van der Waals surface area (Å²) in [5.74, 6) is 0.831. The van der Waals surface area contributed by atoms with Crippen LogP contribution in [0.4, 0.5) is 0 Å². The summed E-state index contributed by atoms with van der Waals surface area (Å²) in [5.41, 5.74) is 3.77. The monoisotopic (exact) mass is 339 g/mol. The van der Waals surface area contributed by atoms with Crippen molar-refractivity contribution < 1.29 is 9.53 Å². The Kier molecular flexibility index (Phi) is 3.82. The molecule has 122 valence electrons. The summed E-state index contributed by atoms with van der Waals surface area (Å²) in [7, 11) is 1.67. The quantitative estimate of drug-likeness (QED) is 0.796. The lowest BCUT2D eigenvalue weighted by molar-refractivity contribution is 0.0728. The number of ether oxygens (including phenoxy) is 1. The number of fused-ring (bicyclic) bond motifs is 1. The molecule has 2 aromatic heterocycles. The molecule has 0 aliphatic carbocycles. The molecule has 1 amide bonds. The zero-order valence-corrected chi connectivity index (χ0v) is 14.1. The van der Waals surface area contributed by atoms with Crippen molar-refractivity contribution in [1.29, 1.82) is 0 Å². The number of H-pyrrole nitrogens is 1. The molecule has 3 heterocycles. The van der Waals surface area contributed by atoms with Crippen molar-refractivity contribution in [2.75, 3.05) is 13.7 Å². The van der Waals surface area contributed by atoms with Crippen molar-refractivity contribution in [2.45, 2.75) is 13.0 Å². The molecule has 0 radical (unpaired) electrons. The summed E-state index contributed by atoms with van der Waals surface area (Å²) < 4.78 is 5.27. The van der Waals surface area contributed by atoms with Crippen molar-refractivity contribution >= 4 is 17.2 Å². The van der Waals surface area contributed by atoms with Crippen LogP contribution in [0, 0.1) is 0 Å². The molecule has 1 aliphatic heterocycles. The van der Waals surface area contributed by atoms with E-state index in [9.17, 15) is 4.79 Å². The lowest BCUT2D eigenvalue weighted by Crippen LogP contribution is -2.36. The average Bonchev–Trinajstić information content (AvgIpc) is 3.31. The molecule has 4 rings (SSSR count). The fourth-order valence-electron chi connectivity index (χ4n) is 2.98. The number of carbonyl (C=O) groups is 1. The average molecular weight is 339 g/mol. The predicted octanol–water partition coefficient (Wildman–Crippen LogP) is 3.35. The molecular formula is C18H17N3O2S. The zero-order valence-electron chi connectivity index (χ0n) is 13.3. The van der Waals surface area contributed by atoms with E-state index >= 15 is 0 Å². The third-order valence-electron chi connectivity index (χ3n) is 4.30. The van der Waals surface area contributed by atoms with E-state index in [0.29, 0.717) is 18.8 Å². The highest BCUT2D eigenvalue weighted by molar-refractivity contribution is 7.13. The first-order valence-electron chi connectivity index (χ1n) is 7.79. The van der Waals surface area contributed by atoms with Gasteiger partial charge in [-0.25, -0.2) is 0 Å². The third kappa shape index (κ3) is 2.69. The number of thiophene rings is 1. The summed E-state index contributed by atoms with van der Waals surface area (Å²) in [5, 5.41) is 9.17. The molecular weight excluding hydrogens is 322 g/mol. The van der Waals surface area contributed by atoms with Crippen LogP contribution in [0.25, 0.3) is 10.6 Å². The van der Waals surface area contributed by atoms with E-state index in [1.54, 1.807) is 18.4 Å². The number of methoxy groups -OCH3 is 1. The van der Waals surface area contributed by atoms with Gasteiger partial charge in [0.25, 0.3) is 5.91 Å². The van der Waals surface area contributed by atoms with Gasteiger partial charge in [-0.05, 0) is 47.2 Å². The maximum Gasteiger partial charge on any atom is 0.274 e. The Morgan fingerprint density at radius 1 is 1.29 bits per heavy atom. The minimum atomic E-state index is -0.0319. The zero-order chi connectivity index (χ0) is 16.5. The normalized spacial score (nSPS) is 13.6. The van der Waals surface area contributed by atoms with Crippen LogP contribution in [0.2, 0.25) is 0 Å². The van der Waals surface area contributed by atoms with E-state index < -0.39 is 0 Å². The SMILES string of the molecule is COc1ccc2c(c1)CCN(C(=O)c1cc(-c3cccs3)[nH]n1)C2. The standard InChI is InChI=1S/C18H17N3O2S/c1-23-14-5-4-13-11-21(7-6-12(13)9-14)18(22)16-10-15(19-20-16)17-3-2-8-24-17/h2-5,8-10H,6-7,11H2,1H3,(H,19,20). The first-order valence-corrected chi connectivity index (χ1v) is 8.67. The van der Waals surface area contributed by atoms with E-state index in [1.165, 1.54) is 11.1 Å². The van der Waals surface area contributed by atoms with E-state index in [1.807, 2.05) is 40.6 Å². The molecule has 6 heteroatoms. The van der Waals surface area contributed by atoms with Crippen molar-refractivity contribution in [3.8, 4) is 16.3 Å². The molecule has 0 saturated carbocycles. The highest BCUT2D eigenvalue weighted by Gasteiger charge is 2.24. The summed E-state index contributed by atoms with van der Waals surface area (Å²) in [6.45, 7) is 1.31. The number of aromatic amines is 1. The highest BCUT2D eigenvalue weighted by Crippen LogP contribution is 2.26. The molecule has 0 fully saturated rings. The second-order valence-electron chi connectivity index (χ2n) is 5.76. The molecule has 0 saturated heterocycles. The molecule has 0 spiro atoms. The van der Waals surface area contributed by atoms with Crippen molar-refractivity contribution in [2.24, 2.45) is 0 Å². The van der Waals surface area contributed by atoms with E-state index in [2.05, 4.69) is 16.3 Å². The number of carbonyl (C=O) groups excluding carboxylic acids is 1. The summed E-state index contributed by atoms with van der Waals surface area (Å²) in [4.78, 5) is 15.7. The van der Waals surface area contributed by atoms with E-state index in [0.717, 1.165) is 22.7 Å². The van der Waals surface area contributed by atoms with Crippen LogP contribution < -0.4 is 4.74 Å². The summed E-state index contributed by atoms with van der Waals surface area (Å²) in [6.07, 6.45) is 0.834. The maximum absolute atomic E-state index is 12.7. The van der Waals surface area contributed by atoms with E-state index in [4.69, 9.17) is 4.74 Å². The molecule has 1 aliphatic rings. The topological polar surface area (TPSA) is 58.2 Å². The van der Waals surface area contributed by atoms with E-state index in [-0.39, 0.29) is 5.91 Å². The minimum Gasteiger partial charge on any atom is -0.497 e. The summed E-state index contributed by atoms with van der Waals surface area (Å²) >= 11 is 1.62. The van der Waals surface area contributed by atoms with Gasteiger partial charge in [0, 0.05) is 13.1 Å². The second kappa shape index (κ2) is 6.13. The Bertz CT molecular complexity index is 870.